The van der Waals surface area contributed by atoms with Gasteiger partial charge >= 0.3 is 0 Å². The zero-order chi connectivity index (χ0) is 23.5. The zero-order valence-corrected chi connectivity index (χ0v) is 19.6. The third kappa shape index (κ3) is 4.93. The predicted octanol–water partition coefficient (Wildman–Crippen LogP) is 5.54. The topological polar surface area (TPSA) is 58.6 Å². The number of thiocarbonyl (C=S) groups is 1. The molecule has 166 valence electrons. The van der Waals surface area contributed by atoms with Crippen molar-refractivity contribution in [1.29, 1.82) is 0 Å². The highest BCUT2D eigenvalue weighted by atomic mass is 35.5. The molecule has 0 bridgehead atoms. The van der Waals surface area contributed by atoms with Gasteiger partial charge in [-0.25, -0.2) is 0 Å². The molecule has 3 aromatic rings. The van der Waals surface area contributed by atoms with Crippen molar-refractivity contribution in [1.82, 2.24) is 10.2 Å². The summed E-state index contributed by atoms with van der Waals surface area (Å²) >= 11 is 17.9. The van der Waals surface area contributed by atoms with E-state index in [1.54, 1.807) is 12.1 Å². The number of carbonyl (C=O) groups excluding carboxylic acids is 2. The molecule has 1 fully saturated rings. The highest BCUT2D eigenvalue weighted by Crippen LogP contribution is 2.36. The van der Waals surface area contributed by atoms with Crippen LogP contribution in [-0.2, 0) is 16.2 Å². The fourth-order valence-electron chi connectivity index (χ4n) is 3.44. The maximum Gasteiger partial charge on any atom is 0.265 e. The highest BCUT2D eigenvalue weighted by Gasteiger charge is 2.32. The number of rotatable bonds is 6. The summed E-state index contributed by atoms with van der Waals surface area (Å²) in [5.74, 6) is -0.788. The highest BCUT2D eigenvalue weighted by molar-refractivity contribution is 7.80. The molecule has 0 aromatic heterocycles. The van der Waals surface area contributed by atoms with Crippen LogP contribution < -0.4 is 10.1 Å². The summed E-state index contributed by atoms with van der Waals surface area (Å²) in [5.41, 5.74) is 1.37. The van der Waals surface area contributed by atoms with Gasteiger partial charge in [0, 0.05) is 6.54 Å². The van der Waals surface area contributed by atoms with E-state index < -0.39 is 11.8 Å². The minimum Gasteiger partial charge on any atom is -0.486 e. The van der Waals surface area contributed by atoms with Gasteiger partial charge in [-0.05, 0) is 58.4 Å². The Morgan fingerprint density at radius 2 is 1.73 bits per heavy atom. The molecule has 0 spiro atoms. The zero-order valence-electron chi connectivity index (χ0n) is 17.3. The molecule has 4 rings (SSSR count). The van der Waals surface area contributed by atoms with Crippen LogP contribution in [0.4, 0.5) is 0 Å². The minimum absolute atomic E-state index is 0.0375. The third-order valence-corrected chi connectivity index (χ3v) is 5.91. The number of nitrogens with zero attached hydrogens (tertiary/aromatic N) is 1. The summed E-state index contributed by atoms with van der Waals surface area (Å²) < 4.78 is 5.89. The maximum absolute atomic E-state index is 12.7. The second-order valence-corrected chi connectivity index (χ2v) is 8.51. The molecule has 1 aliphatic heterocycles. The lowest BCUT2D eigenvalue weighted by molar-refractivity contribution is -0.128. The normalized spacial score (nSPS) is 15.2. The fourth-order valence-corrected chi connectivity index (χ4v) is 4.30. The van der Waals surface area contributed by atoms with Gasteiger partial charge in [-0.15, -0.1) is 6.58 Å². The standard InChI is InChI=1S/C25H18Cl2N2O3S/c1-2-9-29-24(31)19(23(30)28-25(29)33)11-16-12-20(26)22(21(27)13-16)32-14-15-7-8-17-5-3-4-6-18(17)10-15/h2-8,10-13H,1,9,14H2,(H,28,30,33)/b19-11+. The van der Waals surface area contributed by atoms with Crippen LogP contribution in [0.1, 0.15) is 11.1 Å². The first-order valence-electron chi connectivity index (χ1n) is 9.96. The Kier molecular flexibility index (Phi) is 6.79. The van der Waals surface area contributed by atoms with Crippen molar-refractivity contribution in [2.45, 2.75) is 6.61 Å². The Morgan fingerprint density at radius 3 is 2.42 bits per heavy atom. The SMILES string of the molecule is C=CCN1C(=O)/C(=C/c2cc(Cl)c(OCc3ccc4ccccc4c3)c(Cl)c2)C(=O)NC1=S. The summed E-state index contributed by atoms with van der Waals surface area (Å²) in [4.78, 5) is 26.3. The monoisotopic (exact) mass is 496 g/mol. The van der Waals surface area contributed by atoms with Crippen LogP contribution in [0.5, 0.6) is 5.75 Å². The largest absolute Gasteiger partial charge is 0.486 e. The number of hydrogen-bond donors (Lipinski definition) is 1. The first-order chi connectivity index (χ1) is 15.9. The van der Waals surface area contributed by atoms with Crippen molar-refractivity contribution >= 4 is 69.2 Å². The molecule has 3 aromatic carbocycles. The molecule has 33 heavy (non-hydrogen) atoms. The Balaban J connectivity index is 1.56. The molecular weight excluding hydrogens is 479 g/mol. The lowest BCUT2D eigenvalue weighted by Crippen LogP contribution is -2.53. The van der Waals surface area contributed by atoms with E-state index in [4.69, 9.17) is 40.2 Å². The Hall–Kier alpha value is -3.19. The van der Waals surface area contributed by atoms with Gasteiger partial charge in [-0.1, -0.05) is 65.7 Å². The Labute approximate surface area is 206 Å². The molecule has 0 aliphatic carbocycles. The van der Waals surface area contributed by atoms with E-state index >= 15 is 0 Å². The van der Waals surface area contributed by atoms with Gasteiger partial charge < -0.3 is 4.74 Å². The third-order valence-electron chi connectivity index (χ3n) is 5.03. The summed E-state index contributed by atoms with van der Waals surface area (Å²) in [7, 11) is 0. The van der Waals surface area contributed by atoms with E-state index in [0.29, 0.717) is 11.3 Å². The van der Waals surface area contributed by atoms with Crippen molar-refractivity contribution in [2.24, 2.45) is 0 Å². The minimum atomic E-state index is -0.589. The number of amides is 2. The van der Waals surface area contributed by atoms with Crippen molar-refractivity contribution < 1.29 is 14.3 Å². The van der Waals surface area contributed by atoms with E-state index in [2.05, 4.69) is 11.9 Å². The first kappa shape index (κ1) is 23.0. The summed E-state index contributed by atoms with van der Waals surface area (Å²) in [6.07, 6.45) is 2.94. The number of fused-ring (bicyclic) bond motifs is 1. The van der Waals surface area contributed by atoms with E-state index in [1.807, 2.05) is 42.5 Å². The van der Waals surface area contributed by atoms with Gasteiger partial charge in [0.05, 0.1) is 10.0 Å². The van der Waals surface area contributed by atoms with Gasteiger partial charge in [0.1, 0.15) is 12.2 Å². The molecule has 2 amide bonds. The van der Waals surface area contributed by atoms with Crippen LogP contribution in [0.25, 0.3) is 16.8 Å². The first-order valence-corrected chi connectivity index (χ1v) is 11.1. The van der Waals surface area contributed by atoms with Crippen molar-refractivity contribution in [3.63, 3.8) is 0 Å². The molecule has 1 heterocycles. The second-order valence-electron chi connectivity index (χ2n) is 7.31. The number of nitrogens with one attached hydrogen (secondary N) is 1. The van der Waals surface area contributed by atoms with Crippen molar-refractivity contribution in [3.8, 4) is 5.75 Å². The van der Waals surface area contributed by atoms with E-state index in [-0.39, 0.29) is 33.9 Å². The number of benzene rings is 3. The average Bonchev–Trinajstić information content (AvgIpc) is 2.79. The second kappa shape index (κ2) is 9.75. The molecule has 0 unspecified atom stereocenters. The molecule has 0 radical (unpaired) electrons. The predicted molar refractivity (Wildman–Crippen MR) is 135 cm³/mol. The quantitative estimate of drug-likeness (QED) is 0.210. The van der Waals surface area contributed by atoms with Gasteiger partial charge in [0.25, 0.3) is 11.8 Å². The van der Waals surface area contributed by atoms with Crippen LogP contribution >= 0.6 is 35.4 Å². The van der Waals surface area contributed by atoms with Gasteiger partial charge in [0.15, 0.2) is 10.9 Å². The van der Waals surface area contributed by atoms with Crippen LogP contribution in [0, 0.1) is 0 Å². The fraction of sp³-hybridized carbons (Fsp3) is 0.0800. The average molecular weight is 497 g/mol. The Bertz CT molecular complexity index is 1310. The van der Waals surface area contributed by atoms with Crippen LogP contribution in [-0.4, -0.2) is 28.4 Å². The molecule has 0 atom stereocenters. The van der Waals surface area contributed by atoms with Crippen LogP contribution in [0.15, 0.2) is 72.8 Å². The lowest BCUT2D eigenvalue weighted by atomic mass is 10.1. The molecule has 8 heteroatoms. The van der Waals surface area contributed by atoms with Gasteiger partial charge in [-0.2, -0.15) is 0 Å². The number of ether oxygens (including phenoxy) is 1. The molecule has 5 nitrogen and oxygen atoms in total. The van der Waals surface area contributed by atoms with E-state index in [0.717, 1.165) is 16.3 Å². The Morgan fingerprint density at radius 1 is 1.03 bits per heavy atom. The number of hydrogen-bond acceptors (Lipinski definition) is 4. The molecular formula is C25H18Cl2N2O3S. The maximum atomic E-state index is 12.7. The smallest absolute Gasteiger partial charge is 0.265 e. The van der Waals surface area contributed by atoms with Gasteiger partial charge in [-0.3, -0.25) is 19.8 Å². The molecule has 1 N–H and O–H groups in total. The summed E-state index contributed by atoms with van der Waals surface area (Å²) in [6.45, 7) is 4.06. The van der Waals surface area contributed by atoms with Crippen LogP contribution in [0.3, 0.4) is 0 Å². The van der Waals surface area contributed by atoms with Gasteiger partial charge in [0.2, 0.25) is 0 Å². The molecule has 0 saturated carbocycles. The van der Waals surface area contributed by atoms with E-state index in [9.17, 15) is 9.59 Å². The lowest BCUT2D eigenvalue weighted by Gasteiger charge is -2.27. The molecule has 1 saturated heterocycles. The van der Waals surface area contributed by atoms with Crippen molar-refractivity contribution in [3.05, 3.63) is 94.0 Å². The number of carbonyl (C=O) groups is 2. The van der Waals surface area contributed by atoms with E-state index in [1.165, 1.54) is 17.1 Å². The summed E-state index contributed by atoms with van der Waals surface area (Å²) in [5, 5.41) is 5.31. The van der Waals surface area contributed by atoms with Crippen molar-refractivity contribution in [2.75, 3.05) is 6.54 Å². The van der Waals surface area contributed by atoms with Crippen LogP contribution in [0.2, 0.25) is 10.0 Å². The molecule has 1 aliphatic rings. The number of halogens is 2. The summed E-state index contributed by atoms with van der Waals surface area (Å²) in [6, 6.07) is 17.3.